The van der Waals surface area contributed by atoms with Crippen LogP contribution in [-0.4, -0.2) is 43.8 Å². The number of nitrogens with two attached hydrogens (primary N) is 1. The van der Waals surface area contributed by atoms with Crippen LogP contribution in [0.1, 0.15) is 25.7 Å². The summed E-state index contributed by atoms with van der Waals surface area (Å²) in [4.78, 5) is 2.47. The zero-order chi connectivity index (χ0) is 9.97. The van der Waals surface area contributed by atoms with Gasteiger partial charge in [-0.25, -0.2) is 0 Å². The zero-order valence-electron chi connectivity index (χ0n) is 9.11. The quantitative estimate of drug-likeness (QED) is 0.727. The molecule has 82 valence electrons. The molecule has 0 aromatic heterocycles. The summed E-state index contributed by atoms with van der Waals surface area (Å²) in [7, 11) is 1.81. The van der Waals surface area contributed by atoms with Crippen molar-refractivity contribution < 1.29 is 4.74 Å². The lowest BCUT2D eigenvalue weighted by molar-refractivity contribution is 0.0288. The molecule has 1 saturated carbocycles. The van der Waals surface area contributed by atoms with Crippen LogP contribution in [0.15, 0.2) is 0 Å². The highest BCUT2D eigenvalue weighted by Crippen LogP contribution is 2.32. The Hall–Kier alpha value is -0.120. The summed E-state index contributed by atoms with van der Waals surface area (Å²) in [5.41, 5.74) is 6.11. The third kappa shape index (κ3) is 2.69. The molecule has 1 aliphatic carbocycles. The Morgan fingerprint density at radius 2 is 2.21 bits per heavy atom. The summed E-state index contributed by atoms with van der Waals surface area (Å²) in [5, 5.41) is 0. The smallest absolute Gasteiger partial charge is 0.0698 e. The maximum Gasteiger partial charge on any atom is 0.0698 e. The van der Waals surface area contributed by atoms with Gasteiger partial charge in [0.05, 0.1) is 6.10 Å². The average molecular weight is 198 g/mol. The van der Waals surface area contributed by atoms with E-state index in [1.807, 2.05) is 7.11 Å². The molecule has 0 amide bonds. The fourth-order valence-electron chi connectivity index (χ4n) is 2.34. The molecule has 2 fully saturated rings. The van der Waals surface area contributed by atoms with E-state index in [1.54, 1.807) is 0 Å². The van der Waals surface area contributed by atoms with Crippen LogP contribution in [0.25, 0.3) is 0 Å². The minimum Gasteiger partial charge on any atom is -0.380 e. The van der Waals surface area contributed by atoms with Gasteiger partial charge in [-0.05, 0) is 38.1 Å². The predicted molar refractivity (Wildman–Crippen MR) is 57.2 cm³/mol. The van der Waals surface area contributed by atoms with Crippen molar-refractivity contribution >= 4 is 0 Å². The van der Waals surface area contributed by atoms with Crippen molar-refractivity contribution in [3.63, 3.8) is 0 Å². The van der Waals surface area contributed by atoms with Crippen LogP contribution >= 0.6 is 0 Å². The fraction of sp³-hybridized carbons (Fsp3) is 1.00. The van der Waals surface area contributed by atoms with Crippen LogP contribution in [0.3, 0.4) is 0 Å². The Balaban J connectivity index is 1.73. The van der Waals surface area contributed by atoms with Crippen molar-refractivity contribution in [2.45, 2.75) is 37.8 Å². The first-order chi connectivity index (χ1) is 6.79. The summed E-state index contributed by atoms with van der Waals surface area (Å²) in [5.74, 6) is 0.818. The molecule has 3 heteroatoms. The first kappa shape index (κ1) is 10.4. The van der Waals surface area contributed by atoms with E-state index in [2.05, 4.69) is 4.90 Å². The van der Waals surface area contributed by atoms with Gasteiger partial charge in [0.25, 0.3) is 0 Å². The third-order valence-electron chi connectivity index (χ3n) is 3.49. The second-order valence-electron chi connectivity index (χ2n) is 4.76. The molecule has 2 rings (SSSR count). The van der Waals surface area contributed by atoms with Gasteiger partial charge in [-0.1, -0.05) is 0 Å². The normalized spacial score (nSPS) is 31.7. The monoisotopic (exact) mass is 198 g/mol. The molecule has 2 aliphatic rings. The molecule has 0 radical (unpaired) electrons. The molecule has 1 aliphatic heterocycles. The summed E-state index contributed by atoms with van der Waals surface area (Å²) >= 11 is 0. The number of hydrogen-bond donors (Lipinski definition) is 1. The summed E-state index contributed by atoms with van der Waals surface area (Å²) < 4.78 is 5.40. The van der Waals surface area contributed by atoms with E-state index in [1.165, 1.54) is 32.2 Å². The molecular weight excluding hydrogens is 176 g/mol. The fourth-order valence-corrected chi connectivity index (χ4v) is 2.34. The second-order valence-corrected chi connectivity index (χ2v) is 4.76. The van der Waals surface area contributed by atoms with Gasteiger partial charge in [0.2, 0.25) is 0 Å². The van der Waals surface area contributed by atoms with E-state index in [9.17, 15) is 0 Å². The van der Waals surface area contributed by atoms with Crippen molar-refractivity contribution in [2.24, 2.45) is 11.7 Å². The van der Waals surface area contributed by atoms with Gasteiger partial charge in [0.15, 0.2) is 0 Å². The van der Waals surface area contributed by atoms with Crippen LogP contribution in [0.4, 0.5) is 0 Å². The standard InChI is InChI=1S/C11H22N2O/c1-14-10-3-2-6-13(7-10)8-11(12)9-4-5-9/h9-11H,2-8,12H2,1H3. The molecule has 14 heavy (non-hydrogen) atoms. The van der Waals surface area contributed by atoms with Crippen LogP contribution in [-0.2, 0) is 4.74 Å². The van der Waals surface area contributed by atoms with E-state index >= 15 is 0 Å². The maximum absolute atomic E-state index is 6.11. The van der Waals surface area contributed by atoms with Crippen molar-refractivity contribution in [3.05, 3.63) is 0 Å². The summed E-state index contributed by atoms with van der Waals surface area (Å²) in [6, 6.07) is 0.408. The second kappa shape index (κ2) is 4.60. The van der Waals surface area contributed by atoms with Gasteiger partial charge in [-0.15, -0.1) is 0 Å². The first-order valence-corrected chi connectivity index (χ1v) is 5.80. The highest BCUT2D eigenvalue weighted by atomic mass is 16.5. The number of rotatable bonds is 4. The first-order valence-electron chi connectivity index (χ1n) is 5.80. The van der Waals surface area contributed by atoms with E-state index in [4.69, 9.17) is 10.5 Å². The van der Waals surface area contributed by atoms with E-state index < -0.39 is 0 Å². The summed E-state index contributed by atoms with van der Waals surface area (Å²) in [6.45, 7) is 3.36. The van der Waals surface area contributed by atoms with Gasteiger partial charge in [0.1, 0.15) is 0 Å². The molecule has 0 aromatic carbocycles. The lowest BCUT2D eigenvalue weighted by atomic mass is 10.1. The summed E-state index contributed by atoms with van der Waals surface area (Å²) in [6.07, 6.45) is 5.61. The van der Waals surface area contributed by atoms with Gasteiger partial charge >= 0.3 is 0 Å². The van der Waals surface area contributed by atoms with E-state index in [-0.39, 0.29) is 0 Å². The SMILES string of the molecule is COC1CCCN(CC(N)C2CC2)C1. The molecule has 2 atom stereocenters. The minimum absolute atomic E-state index is 0.408. The third-order valence-corrected chi connectivity index (χ3v) is 3.49. The van der Waals surface area contributed by atoms with Crippen molar-refractivity contribution in [1.82, 2.24) is 4.90 Å². The van der Waals surface area contributed by atoms with Gasteiger partial charge in [-0.2, -0.15) is 0 Å². The highest BCUT2D eigenvalue weighted by Gasteiger charge is 2.30. The lowest BCUT2D eigenvalue weighted by Crippen LogP contribution is -2.45. The van der Waals surface area contributed by atoms with Crippen LogP contribution < -0.4 is 5.73 Å². The van der Waals surface area contributed by atoms with Crippen molar-refractivity contribution in [3.8, 4) is 0 Å². The number of ether oxygens (including phenoxy) is 1. The van der Waals surface area contributed by atoms with Crippen LogP contribution in [0.2, 0.25) is 0 Å². The number of hydrogen-bond acceptors (Lipinski definition) is 3. The molecule has 0 aromatic rings. The Kier molecular flexibility index (Phi) is 3.42. The molecule has 1 heterocycles. The molecule has 0 bridgehead atoms. The zero-order valence-corrected chi connectivity index (χ0v) is 9.11. The maximum atomic E-state index is 6.11. The Morgan fingerprint density at radius 1 is 1.43 bits per heavy atom. The molecule has 2 unspecified atom stereocenters. The predicted octanol–water partition coefficient (Wildman–Crippen LogP) is 0.834. The van der Waals surface area contributed by atoms with Gasteiger partial charge in [0, 0.05) is 26.2 Å². The van der Waals surface area contributed by atoms with Gasteiger partial charge < -0.3 is 10.5 Å². The van der Waals surface area contributed by atoms with Gasteiger partial charge in [-0.3, -0.25) is 4.90 Å². The number of nitrogens with zero attached hydrogens (tertiary/aromatic N) is 1. The lowest BCUT2D eigenvalue weighted by Gasteiger charge is -2.33. The van der Waals surface area contributed by atoms with Crippen LogP contribution in [0, 0.1) is 5.92 Å². The van der Waals surface area contributed by atoms with Crippen molar-refractivity contribution in [1.29, 1.82) is 0 Å². The van der Waals surface area contributed by atoms with E-state index in [0.717, 1.165) is 19.0 Å². The highest BCUT2D eigenvalue weighted by molar-refractivity contribution is 4.87. The number of piperidine rings is 1. The number of likely N-dealkylation sites (tertiary alicyclic amines) is 1. The van der Waals surface area contributed by atoms with Crippen LogP contribution in [0.5, 0.6) is 0 Å². The minimum atomic E-state index is 0.408. The van der Waals surface area contributed by atoms with E-state index in [0.29, 0.717) is 12.1 Å². The number of methoxy groups -OCH3 is 1. The molecule has 3 nitrogen and oxygen atoms in total. The topological polar surface area (TPSA) is 38.5 Å². The molecule has 1 saturated heterocycles. The molecule has 0 spiro atoms. The Bertz CT molecular complexity index is 182. The Morgan fingerprint density at radius 3 is 2.86 bits per heavy atom. The average Bonchev–Trinajstić information content (AvgIpc) is 3.01. The molecule has 2 N–H and O–H groups in total. The Labute approximate surface area is 86.6 Å². The molecular formula is C11H22N2O. The van der Waals surface area contributed by atoms with Crippen molar-refractivity contribution in [2.75, 3.05) is 26.7 Å². The largest absolute Gasteiger partial charge is 0.380 e.